The van der Waals surface area contributed by atoms with Crippen molar-refractivity contribution >= 4 is 28.9 Å². The van der Waals surface area contributed by atoms with Gasteiger partial charge in [-0.05, 0) is 49.1 Å². The van der Waals surface area contributed by atoms with Crippen LogP contribution < -0.4 is 10.6 Å². The highest BCUT2D eigenvalue weighted by Crippen LogP contribution is 2.41. The third kappa shape index (κ3) is 5.67. The summed E-state index contributed by atoms with van der Waals surface area (Å²) in [6.07, 6.45) is -0.167. The molecule has 2 fully saturated rings. The van der Waals surface area contributed by atoms with Crippen LogP contribution in [0.3, 0.4) is 0 Å². The van der Waals surface area contributed by atoms with Crippen LogP contribution in [0.4, 0.5) is 4.39 Å². The van der Waals surface area contributed by atoms with Crippen LogP contribution in [0.5, 0.6) is 0 Å². The van der Waals surface area contributed by atoms with Crippen LogP contribution in [-0.2, 0) is 20.9 Å². The molecule has 1 heterocycles. The van der Waals surface area contributed by atoms with Crippen LogP contribution in [0, 0.1) is 24.2 Å². The second-order valence-corrected chi connectivity index (χ2v) is 12.0. The lowest BCUT2D eigenvalue weighted by atomic mass is 9.77. The summed E-state index contributed by atoms with van der Waals surface area (Å²) >= 11 is 1.58. The molecule has 36 heavy (non-hydrogen) atoms. The quantitative estimate of drug-likeness (QED) is 0.497. The zero-order valence-corrected chi connectivity index (χ0v) is 22.0. The van der Waals surface area contributed by atoms with Gasteiger partial charge < -0.3 is 15.7 Å². The van der Waals surface area contributed by atoms with Gasteiger partial charge >= 0.3 is 0 Å². The van der Waals surface area contributed by atoms with Gasteiger partial charge in [-0.25, -0.2) is 9.37 Å². The van der Waals surface area contributed by atoms with Gasteiger partial charge in [0, 0.05) is 12.5 Å². The van der Waals surface area contributed by atoms with Crippen molar-refractivity contribution < 1.29 is 23.9 Å². The summed E-state index contributed by atoms with van der Waals surface area (Å²) < 4.78 is 14.3. The molecular weight excluding hydrogens is 481 g/mol. The fourth-order valence-corrected chi connectivity index (χ4v) is 5.63. The predicted octanol–water partition coefficient (Wildman–Crippen LogP) is 3.72. The van der Waals surface area contributed by atoms with Gasteiger partial charge in [0.25, 0.3) is 5.91 Å². The molecule has 194 valence electrons. The lowest BCUT2D eigenvalue weighted by Gasteiger charge is -2.33. The lowest BCUT2D eigenvalue weighted by Crippen LogP contribution is -2.54. The van der Waals surface area contributed by atoms with Crippen LogP contribution in [0.1, 0.15) is 57.7 Å². The van der Waals surface area contributed by atoms with Crippen molar-refractivity contribution in [2.24, 2.45) is 17.3 Å². The topological polar surface area (TPSA) is 108 Å². The van der Waals surface area contributed by atoms with Gasteiger partial charge in [-0.2, -0.15) is 0 Å². The van der Waals surface area contributed by atoms with E-state index in [9.17, 15) is 23.9 Å². The smallest absolute Gasteiger partial charge is 0.258 e. The number of amides is 2. The Morgan fingerprint density at radius 1 is 1.17 bits per heavy atom. The molecule has 1 aromatic heterocycles. The molecule has 1 unspecified atom stereocenters. The SMILES string of the molecule is Cc1ncsc1-c1ccc(CNC(=O)[C@@H]2C[C@@H](O)CC2C(=O)[C@@H](NC(=O)C2(F)CC2)C(C)(C)C)cc1. The van der Waals surface area contributed by atoms with Crippen molar-refractivity contribution in [3.63, 3.8) is 0 Å². The summed E-state index contributed by atoms with van der Waals surface area (Å²) in [6.45, 7) is 7.64. The highest BCUT2D eigenvalue weighted by atomic mass is 32.1. The molecule has 0 aliphatic heterocycles. The summed E-state index contributed by atoms with van der Waals surface area (Å²) in [5, 5.41) is 15.8. The summed E-state index contributed by atoms with van der Waals surface area (Å²) in [6, 6.07) is 6.91. The number of ketones is 1. The van der Waals surface area contributed by atoms with E-state index in [1.807, 2.05) is 36.7 Å². The number of carbonyl (C=O) groups is 3. The number of aromatic nitrogens is 1. The number of carbonyl (C=O) groups excluding carboxylic acids is 3. The molecule has 0 radical (unpaired) electrons. The van der Waals surface area contributed by atoms with Gasteiger partial charge in [-0.1, -0.05) is 45.0 Å². The number of hydrogen-bond acceptors (Lipinski definition) is 6. The molecule has 0 saturated heterocycles. The maximum absolute atomic E-state index is 14.3. The number of nitrogens with one attached hydrogen (secondary N) is 2. The monoisotopic (exact) mass is 515 g/mol. The first kappa shape index (κ1) is 26.4. The molecule has 1 aromatic carbocycles. The van der Waals surface area contributed by atoms with E-state index < -0.39 is 41.0 Å². The minimum Gasteiger partial charge on any atom is -0.393 e. The molecule has 2 aliphatic rings. The molecule has 9 heteroatoms. The van der Waals surface area contributed by atoms with Crippen LogP contribution in [-0.4, -0.2) is 45.5 Å². The van der Waals surface area contributed by atoms with E-state index >= 15 is 0 Å². The highest BCUT2D eigenvalue weighted by Gasteiger charge is 2.53. The van der Waals surface area contributed by atoms with E-state index in [4.69, 9.17) is 0 Å². The number of Topliss-reactive ketones (excluding diaryl/α,β-unsaturated/α-hetero) is 1. The fourth-order valence-electron chi connectivity index (χ4n) is 4.81. The third-order valence-corrected chi connectivity index (χ3v) is 8.17. The Labute approximate surface area is 214 Å². The molecule has 0 spiro atoms. The van der Waals surface area contributed by atoms with Crippen LogP contribution in [0.15, 0.2) is 29.8 Å². The molecule has 2 aliphatic carbocycles. The lowest BCUT2D eigenvalue weighted by molar-refractivity contribution is -0.138. The van der Waals surface area contributed by atoms with Gasteiger partial charge in [0.1, 0.15) is 0 Å². The molecule has 2 saturated carbocycles. The molecule has 3 N–H and O–H groups in total. The minimum atomic E-state index is -1.90. The number of halogens is 1. The Hall–Kier alpha value is -2.65. The Kier molecular flexibility index (Phi) is 7.35. The van der Waals surface area contributed by atoms with E-state index in [1.165, 1.54) is 0 Å². The van der Waals surface area contributed by atoms with Crippen molar-refractivity contribution in [3.8, 4) is 10.4 Å². The van der Waals surface area contributed by atoms with E-state index in [2.05, 4.69) is 15.6 Å². The molecule has 2 amide bonds. The van der Waals surface area contributed by atoms with E-state index in [0.717, 1.165) is 21.7 Å². The number of aliphatic hydroxyl groups is 1. The summed E-state index contributed by atoms with van der Waals surface area (Å²) in [5.41, 5.74) is 2.18. The maximum atomic E-state index is 14.3. The number of rotatable bonds is 8. The summed E-state index contributed by atoms with van der Waals surface area (Å²) in [4.78, 5) is 44.4. The fraction of sp³-hybridized carbons (Fsp3) is 0.556. The average Bonchev–Trinajstić information content (AvgIpc) is 3.23. The second-order valence-electron chi connectivity index (χ2n) is 11.2. The van der Waals surface area contributed by atoms with E-state index in [0.29, 0.717) is 0 Å². The zero-order chi connectivity index (χ0) is 26.3. The maximum Gasteiger partial charge on any atom is 0.258 e. The second kappa shape index (κ2) is 10.0. The van der Waals surface area contributed by atoms with Gasteiger partial charge in [0.2, 0.25) is 5.91 Å². The number of alkyl halides is 1. The number of aliphatic hydroxyl groups excluding tert-OH is 1. The van der Waals surface area contributed by atoms with Crippen LogP contribution >= 0.6 is 11.3 Å². The number of hydrogen-bond donors (Lipinski definition) is 3. The highest BCUT2D eigenvalue weighted by molar-refractivity contribution is 7.13. The Balaban J connectivity index is 1.42. The Morgan fingerprint density at radius 3 is 2.36 bits per heavy atom. The molecule has 4 atom stereocenters. The first-order valence-electron chi connectivity index (χ1n) is 12.4. The number of nitrogens with zero attached hydrogens (tertiary/aromatic N) is 1. The van der Waals surface area contributed by atoms with Crippen LogP contribution in [0.2, 0.25) is 0 Å². The van der Waals surface area contributed by atoms with Crippen molar-refractivity contribution in [1.29, 1.82) is 0 Å². The largest absolute Gasteiger partial charge is 0.393 e. The zero-order valence-electron chi connectivity index (χ0n) is 21.1. The molecule has 4 rings (SSSR count). The Bertz CT molecular complexity index is 1140. The van der Waals surface area contributed by atoms with Crippen LogP contribution in [0.25, 0.3) is 10.4 Å². The van der Waals surface area contributed by atoms with Gasteiger partial charge in [0.05, 0.1) is 34.1 Å². The number of thiazole rings is 1. The predicted molar refractivity (Wildman–Crippen MR) is 136 cm³/mol. The standard InChI is InChI=1S/C27H34FN3O4S/c1-15-22(36-14-30-15)17-7-5-16(6-8-17)13-29-24(34)20-12-18(32)11-19(20)21(33)23(26(2,3)4)31-25(35)27(28)9-10-27/h5-8,14,18-20,23,32H,9-13H2,1-4H3,(H,29,34)(H,31,35)/t18-,19?,20+,23+/m0/s1. The number of benzene rings is 1. The first-order valence-corrected chi connectivity index (χ1v) is 13.3. The summed E-state index contributed by atoms with van der Waals surface area (Å²) in [7, 11) is 0. The number of aryl methyl sites for hydroxylation is 1. The minimum absolute atomic E-state index is 0.142. The third-order valence-electron chi connectivity index (χ3n) is 7.19. The van der Waals surface area contributed by atoms with Gasteiger partial charge in [-0.15, -0.1) is 11.3 Å². The van der Waals surface area contributed by atoms with Crippen molar-refractivity contribution in [1.82, 2.24) is 15.6 Å². The van der Waals surface area contributed by atoms with Crippen molar-refractivity contribution in [2.45, 2.75) is 77.7 Å². The molecule has 7 nitrogen and oxygen atoms in total. The summed E-state index contributed by atoms with van der Waals surface area (Å²) in [5.74, 6) is -2.88. The Morgan fingerprint density at radius 2 is 1.81 bits per heavy atom. The van der Waals surface area contributed by atoms with Gasteiger partial charge in [-0.3, -0.25) is 14.4 Å². The van der Waals surface area contributed by atoms with Gasteiger partial charge in [0.15, 0.2) is 11.5 Å². The van der Waals surface area contributed by atoms with Crippen molar-refractivity contribution in [2.75, 3.05) is 0 Å². The average molecular weight is 516 g/mol. The molecule has 0 bridgehead atoms. The molecular formula is C27H34FN3O4S. The van der Waals surface area contributed by atoms with E-state index in [-0.39, 0.29) is 43.9 Å². The molecule has 2 aromatic rings. The van der Waals surface area contributed by atoms with E-state index in [1.54, 1.807) is 32.1 Å². The first-order chi connectivity index (χ1) is 16.9. The normalized spacial score (nSPS) is 23.7. The van der Waals surface area contributed by atoms with Crippen molar-refractivity contribution in [3.05, 3.63) is 41.0 Å².